The molecular weight excluding hydrogens is 280 g/mol. The van der Waals surface area contributed by atoms with Crippen LogP contribution in [-0.2, 0) is 9.53 Å². The molecule has 5 nitrogen and oxygen atoms in total. The van der Waals surface area contributed by atoms with Gasteiger partial charge in [-0.15, -0.1) is 0 Å². The van der Waals surface area contributed by atoms with Gasteiger partial charge in [-0.2, -0.15) is 0 Å². The minimum Gasteiger partial charge on any atom is -0.376 e. The fourth-order valence-corrected chi connectivity index (χ4v) is 2.75. The maximum atomic E-state index is 12.2. The first kappa shape index (κ1) is 15.2. The largest absolute Gasteiger partial charge is 0.376 e. The first-order valence-corrected chi connectivity index (χ1v) is 7.71. The van der Waals surface area contributed by atoms with Crippen molar-refractivity contribution >= 4 is 12.0 Å². The highest BCUT2D eigenvalue weighted by molar-refractivity contribution is 5.86. The molecule has 2 saturated heterocycles. The van der Waals surface area contributed by atoms with Crippen LogP contribution in [0.25, 0.3) is 6.08 Å². The molecule has 1 amide bonds. The number of aliphatic hydroxyl groups is 1. The molecule has 1 N–H and O–H groups in total. The molecule has 1 aromatic rings. The van der Waals surface area contributed by atoms with Crippen LogP contribution in [0, 0.1) is 0 Å². The van der Waals surface area contributed by atoms with Crippen LogP contribution in [0.4, 0.5) is 0 Å². The second-order valence-corrected chi connectivity index (χ2v) is 5.93. The van der Waals surface area contributed by atoms with Crippen LogP contribution in [0.3, 0.4) is 0 Å². The van der Waals surface area contributed by atoms with E-state index < -0.39 is 5.60 Å². The zero-order valence-corrected chi connectivity index (χ0v) is 12.6. The summed E-state index contributed by atoms with van der Waals surface area (Å²) in [6.45, 7) is 4.15. The van der Waals surface area contributed by atoms with Crippen molar-refractivity contribution in [3.05, 3.63) is 42.0 Å². The highest BCUT2D eigenvalue weighted by atomic mass is 16.5. The topological polar surface area (TPSA) is 53.0 Å². The van der Waals surface area contributed by atoms with Crippen molar-refractivity contribution in [2.24, 2.45) is 0 Å². The van der Waals surface area contributed by atoms with Gasteiger partial charge in [0.05, 0.1) is 13.2 Å². The summed E-state index contributed by atoms with van der Waals surface area (Å²) in [5.74, 6) is -0.182. The Balaban J connectivity index is 1.44. The van der Waals surface area contributed by atoms with E-state index in [9.17, 15) is 9.90 Å². The van der Waals surface area contributed by atoms with Crippen LogP contribution < -0.4 is 0 Å². The molecule has 2 aliphatic heterocycles. The molecule has 0 saturated carbocycles. The number of hydrogen-bond acceptors (Lipinski definition) is 4. The molecule has 0 radical (unpaired) electrons. The second kappa shape index (κ2) is 6.60. The average molecular weight is 302 g/mol. The number of amides is 1. The third-order valence-corrected chi connectivity index (χ3v) is 4.21. The SMILES string of the molecule is O=C(N1CCN(C/C=C/c2ccccc2)CC1)C1(O)COC1. The highest BCUT2D eigenvalue weighted by Crippen LogP contribution is 2.20. The Morgan fingerprint density at radius 3 is 2.45 bits per heavy atom. The highest BCUT2D eigenvalue weighted by Gasteiger charge is 2.46. The molecule has 0 aliphatic carbocycles. The zero-order valence-electron chi connectivity index (χ0n) is 12.6. The van der Waals surface area contributed by atoms with E-state index in [2.05, 4.69) is 29.2 Å². The van der Waals surface area contributed by atoms with Crippen molar-refractivity contribution in [1.82, 2.24) is 9.80 Å². The van der Waals surface area contributed by atoms with E-state index in [0.29, 0.717) is 13.1 Å². The van der Waals surface area contributed by atoms with Crippen molar-refractivity contribution in [3.63, 3.8) is 0 Å². The number of nitrogens with zero attached hydrogens (tertiary/aromatic N) is 2. The van der Waals surface area contributed by atoms with Crippen molar-refractivity contribution in [1.29, 1.82) is 0 Å². The van der Waals surface area contributed by atoms with E-state index in [-0.39, 0.29) is 19.1 Å². The molecule has 0 unspecified atom stereocenters. The van der Waals surface area contributed by atoms with Crippen LogP contribution in [0.15, 0.2) is 36.4 Å². The average Bonchev–Trinajstić information content (AvgIpc) is 2.54. The molecular formula is C17H22N2O3. The van der Waals surface area contributed by atoms with E-state index in [0.717, 1.165) is 19.6 Å². The van der Waals surface area contributed by atoms with Crippen molar-refractivity contribution in [3.8, 4) is 0 Å². The third-order valence-electron chi connectivity index (χ3n) is 4.21. The predicted molar refractivity (Wildman–Crippen MR) is 84.3 cm³/mol. The summed E-state index contributed by atoms with van der Waals surface area (Å²) in [4.78, 5) is 16.2. The maximum absolute atomic E-state index is 12.2. The smallest absolute Gasteiger partial charge is 0.259 e. The van der Waals surface area contributed by atoms with Gasteiger partial charge in [-0.3, -0.25) is 9.69 Å². The number of rotatable bonds is 4. The Bertz CT molecular complexity index is 532. The molecule has 5 heteroatoms. The van der Waals surface area contributed by atoms with Gasteiger partial charge >= 0.3 is 0 Å². The lowest BCUT2D eigenvalue weighted by molar-refractivity contribution is -0.201. The summed E-state index contributed by atoms with van der Waals surface area (Å²) >= 11 is 0. The summed E-state index contributed by atoms with van der Waals surface area (Å²) in [6, 6.07) is 10.2. The van der Waals surface area contributed by atoms with E-state index in [1.54, 1.807) is 4.90 Å². The maximum Gasteiger partial charge on any atom is 0.259 e. The molecule has 2 heterocycles. The Morgan fingerprint density at radius 2 is 1.86 bits per heavy atom. The van der Waals surface area contributed by atoms with Crippen molar-refractivity contribution < 1.29 is 14.6 Å². The Morgan fingerprint density at radius 1 is 1.18 bits per heavy atom. The summed E-state index contributed by atoms with van der Waals surface area (Å²) in [7, 11) is 0. The lowest BCUT2D eigenvalue weighted by Gasteiger charge is -2.41. The van der Waals surface area contributed by atoms with Crippen molar-refractivity contribution in [2.75, 3.05) is 45.9 Å². The van der Waals surface area contributed by atoms with Crippen LogP contribution in [-0.4, -0.2) is 72.4 Å². The Hall–Kier alpha value is -1.69. The molecule has 3 rings (SSSR count). The molecule has 0 bridgehead atoms. The minimum atomic E-state index is -1.27. The van der Waals surface area contributed by atoms with Gasteiger partial charge in [0, 0.05) is 32.7 Å². The molecule has 2 fully saturated rings. The first-order valence-electron chi connectivity index (χ1n) is 7.71. The summed E-state index contributed by atoms with van der Waals surface area (Å²) in [6.07, 6.45) is 4.27. The fourth-order valence-electron chi connectivity index (χ4n) is 2.75. The Kier molecular flexibility index (Phi) is 4.57. The van der Waals surface area contributed by atoms with Gasteiger partial charge in [0.25, 0.3) is 5.91 Å². The minimum absolute atomic E-state index is 0.131. The fraction of sp³-hybridized carbons (Fsp3) is 0.471. The zero-order chi connectivity index (χ0) is 15.4. The number of ether oxygens (including phenoxy) is 1. The van der Waals surface area contributed by atoms with E-state index in [4.69, 9.17) is 4.74 Å². The number of carbonyl (C=O) groups is 1. The molecule has 1 aromatic carbocycles. The number of hydrogen-bond donors (Lipinski definition) is 1. The normalized spacial score (nSPS) is 21.8. The molecule has 2 aliphatic rings. The molecule has 118 valence electrons. The number of benzene rings is 1. The van der Waals surface area contributed by atoms with Gasteiger partial charge in [0.1, 0.15) is 0 Å². The van der Waals surface area contributed by atoms with Crippen LogP contribution in [0.2, 0.25) is 0 Å². The lowest BCUT2D eigenvalue weighted by Crippen LogP contribution is -2.63. The van der Waals surface area contributed by atoms with E-state index in [1.807, 2.05) is 18.2 Å². The first-order chi connectivity index (χ1) is 10.7. The van der Waals surface area contributed by atoms with Crippen LogP contribution >= 0.6 is 0 Å². The second-order valence-electron chi connectivity index (χ2n) is 5.93. The molecule has 0 aromatic heterocycles. The molecule has 0 atom stereocenters. The van der Waals surface area contributed by atoms with Gasteiger partial charge in [0.2, 0.25) is 0 Å². The van der Waals surface area contributed by atoms with Crippen molar-refractivity contribution in [2.45, 2.75) is 5.60 Å². The Labute approximate surface area is 130 Å². The van der Waals surface area contributed by atoms with Gasteiger partial charge in [0.15, 0.2) is 5.60 Å². The standard InChI is InChI=1S/C17H22N2O3/c20-16(17(21)13-22-14-17)19-11-9-18(10-12-19)8-4-7-15-5-2-1-3-6-15/h1-7,21H,8-14H2/b7-4+. The van der Waals surface area contributed by atoms with Gasteiger partial charge in [-0.1, -0.05) is 42.5 Å². The van der Waals surface area contributed by atoms with Crippen LogP contribution in [0.1, 0.15) is 5.56 Å². The number of carbonyl (C=O) groups excluding carboxylic acids is 1. The van der Waals surface area contributed by atoms with Crippen LogP contribution in [0.5, 0.6) is 0 Å². The number of piperazine rings is 1. The summed E-state index contributed by atoms with van der Waals surface area (Å²) in [5.41, 5.74) is -0.0708. The summed E-state index contributed by atoms with van der Waals surface area (Å²) < 4.78 is 4.95. The van der Waals surface area contributed by atoms with Gasteiger partial charge in [-0.05, 0) is 5.56 Å². The molecule has 0 spiro atoms. The molecule has 22 heavy (non-hydrogen) atoms. The van der Waals surface area contributed by atoms with Gasteiger partial charge in [-0.25, -0.2) is 0 Å². The predicted octanol–water partition coefficient (Wildman–Crippen LogP) is 0.605. The summed E-state index contributed by atoms with van der Waals surface area (Å²) in [5, 5.41) is 10.0. The van der Waals surface area contributed by atoms with Gasteiger partial charge < -0.3 is 14.7 Å². The monoisotopic (exact) mass is 302 g/mol. The van der Waals surface area contributed by atoms with E-state index in [1.165, 1.54) is 5.56 Å². The third kappa shape index (κ3) is 3.38. The lowest BCUT2D eigenvalue weighted by atomic mass is 10.00. The quantitative estimate of drug-likeness (QED) is 0.885. The van der Waals surface area contributed by atoms with E-state index >= 15 is 0 Å².